The van der Waals surface area contributed by atoms with Gasteiger partial charge in [-0.2, -0.15) is 0 Å². The Balaban J connectivity index is 2.05. The smallest absolute Gasteiger partial charge is 0.413 e. The summed E-state index contributed by atoms with van der Waals surface area (Å²) in [7, 11) is 1.41. The first-order chi connectivity index (χ1) is 8.02. The summed E-state index contributed by atoms with van der Waals surface area (Å²) in [6.45, 7) is -0.255. The van der Waals surface area contributed by atoms with E-state index in [1.807, 2.05) is 0 Å². The first-order valence-corrected chi connectivity index (χ1v) is 6.06. The maximum Gasteiger partial charge on any atom is 0.413 e. The van der Waals surface area contributed by atoms with Crippen LogP contribution in [-0.4, -0.2) is 68.8 Å². The van der Waals surface area contributed by atoms with Gasteiger partial charge < -0.3 is 20.1 Å². The molecule has 0 unspecified atom stereocenters. The van der Waals surface area contributed by atoms with Gasteiger partial charge in [-0.05, 0) is 0 Å². The van der Waals surface area contributed by atoms with E-state index in [4.69, 9.17) is 14.9 Å². The van der Waals surface area contributed by atoms with E-state index in [9.17, 15) is 9.90 Å². The number of nitrogens with zero attached hydrogens (tertiary/aromatic N) is 2. The van der Waals surface area contributed by atoms with E-state index < -0.39 is 18.3 Å². The topological polar surface area (TPSA) is 103 Å². The third-order valence-corrected chi connectivity index (χ3v) is 4.03. The molecule has 1 saturated heterocycles. The van der Waals surface area contributed by atoms with Gasteiger partial charge in [0.15, 0.2) is 5.17 Å². The quantitative estimate of drug-likeness (QED) is 0.590. The molecule has 0 aromatic heterocycles. The van der Waals surface area contributed by atoms with E-state index in [1.54, 1.807) is 0 Å². The average Bonchev–Trinajstić information content (AvgIpc) is 2.69. The fourth-order valence-electron chi connectivity index (χ4n) is 1.77. The Morgan fingerprint density at radius 2 is 2.41 bits per heavy atom. The molecule has 17 heavy (non-hydrogen) atoms. The number of ether oxygens (including phenoxy) is 1. The zero-order valence-electron chi connectivity index (χ0n) is 9.18. The van der Waals surface area contributed by atoms with Crippen LogP contribution in [0.25, 0.3) is 0 Å². The molecular formula is C9H14N2O5S. The zero-order chi connectivity index (χ0) is 12.6. The van der Waals surface area contributed by atoms with Gasteiger partial charge in [0.1, 0.15) is 11.5 Å². The minimum absolute atomic E-state index is 0.255. The Labute approximate surface area is 102 Å². The highest BCUT2D eigenvalue weighted by Crippen LogP contribution is 2.36. The van der Waals surface area contributed by atoms with Crippen molar-refractivity contribution in [3.05, 3.63) is 0 Å². The van der Waals surface area contributed by atoms with Crippen LogP contribution in [0.2, 0.25) is 0 Å². The summed E-state index contributed by atoms with van der Waals surface area (Å²) in [4.78, 5) is 16.0. The van der Waals surface area contributed by atoms with Crippen molar-refractivity contribution < 1.29 is 24.9 Å². The van der Waals surface area contributed by atoms with Crippen molar-refractivity contribution >= 4 is 23.0 Å². The molecule has 4 atom stereocenters. The summed E-state index contributed by atoms with van der Waals surface area (Å²) in [5, 5.41) is 27.9. The van der Waals surface area contributed by atoms with E-state index in [-0.39, 0.29) is 18.1 Å². The van der Waals surface area contributed by atoms with Crippen molar-refractivity contribution in [2.24, 2.45) is 4.99 Å². The minimum Gasteiger partial charge on any atom is -0.465 e. The van der Waals surface area contributed by atoms with Crippen LogP contribution in [0.4, 0.5) is 4.79 Å². The average molecular weight is 262 g/mol. The van der Waals surface area contributed by atoms with Crippen LogP contribution in [0, 0.1) is 0 Å². The number of fused-ring (bicyclic) bond motifs is 1. The summed E-state index contributed by atoms with van der Waals surface area (Å²) in [6.07, 6.45) is -2.09. The normalized spacial score (nSPS) is 36.3. The number of aliphatic hydroxyl groups excluding tert-OH is 2. The van der Waals surface area contributed by atoms with Crippen molar-refractivity contribution in [3.8, 4) is 0 Å². The van der Waals surface area contributed by atoms with Crippen molar-refractivity contribution in [1.82, 2.24) is 4.90 Å². The Morgan fingerprint density at radius 3 is 3.00 bits per heavy atom. The third-order valence-electron chi connectivity index (χ3n) is 2.79. The lowest BCUT2D eigenvalue weighted by molar-refractivity contribution is -0.111. The van der Waals surface area contributed by atoms with Crippen LogP contribution >= 0.6 is 11.8 Å². The molecule has 0 aliphatic carbocycles. The molecule has 0 aromatic carbocycles. The molecule has 7 nitrogen and oxygen atoms in total. The lowest BCUT2D eigenvalue weighted by atomic mass is 10.0. The molecular weight excluding hydrogens is 248 g/mol. The molecule has 96 valence electrons. The third kappa shape index (κ3) is 2.39. The van der Waals surface area contributed by atoms with Gasteiger partial charge in [0.25, 0.3) is 0 Å². The number of carbonyl (C=O) groups is 1. The van der Waals surface area contributed by atoms with Gasteiger partial charge in [-0.3, -0.25) is 9.89 Å². The molecule has 0 bridgehead atoms. The molecule has 1 fully saturated rings. The highest BCUT2D eigenvalue weighted by Gasteiger charge is 2.42. The van der Waals surface area contributed by atoms with E-state index in [0.29, 0.717) is 11.6 Å². The summed E-state index contributed by atoms with van der Waals surface area (Å²) in [5.41, 5.74) is -0.327. The summed E-state index contributed by atoms with van der Waals surface area (Å²) in [6, 6.07) is -0.255. The van der Waals surface area contributed by atoms with Crippen LogP contribution in [-0.2, 0) is 4.74 Å². The number of amides is 1. The minimum atomic E-state index is -1.09. The van der Waals surface area contributed by atoms with E-state index in [1.165, 1.54) is 18.8 Å². The number of thioether (sulfide) groups is 1. The SMILES string of the molecule is CN(C(=O)O)C1=N[C@@H]2C[C@H](O)[C@@H](CO)O[C@@H]2S1. The van der Waals surface area contributed by atoms with Crippen molar-refractivity contribution in [2.75, 3.05) is 13.7 Å². The number of aliphatic hydroxyl groups is 2. The Hall–Kier alpha value is -0.830. The van der Waals surface area contributed by atoms with Crippen LogP contribution in [0.1, 0.15) is 6.42 Å². The highest BCUT2D eigenvalue weighted by molar-refractivity contribution is 8.14. The van der Waals surface area contributed by atoms with Gasteiger partial charge in [-0.1, -0.05) is 11.8 Å². The number of carboxylic acid groups (broad SMARTS) is 1. The van der Waals surface area contributed by atoms with Crippen molar-refractivity contribution in [3.63, 3.8) is 0 Å². The Morgan fingerprint density at radius 1 is 1.71 bits per heavy atom. The number of rotatable bonds is 1. The first-order valence-electron chi connectivity index (χ1n) is 5.18. The molecule has 2 aliphatic rings. The molecule has 8 heteroatoms. The lowest BCUT2D eigenvalue weighted by Gasteiger charge is -2.33. The highest BCUT2D eigenvalue weighted by atomic mass is 32.2. The second-order valence-corrected chi connectivity index (χ2v) is 5.03. The largest absolute Gasteiger partial charge is 0.465 e. The van der Waals surface area contributed by atoms with Gasteiger partial charge in [0.05, 0.1) is 18.8 Å². The second kappa shape index (κ2) is 4.81. The van der Waals surface area contributed by atoms with Crippen molar-refractivity contribution in [1.29, 1.82) is 0 Å². The van der Waals surface area contributed by atoms with Crippen LogP contribution in [0.15, 0.2) is 4.99 Å². The molecule has 0 aromatic rings. The molecule has 3 N–H and O–H groups in total. The van der Waals surface area contributed by atoms with E-state index in [2.05, 4.69) is 4.99 Å². The first kappa shape index (κ1) is 12.6. The lowest BCUT2D eigenvalue weighted by Crippen LogP contribution is -2.45. The van der Waals surface area contributed by atoms with Crippen LogP contribution in [0.5, 0.6) is 0 Å². The molecule has 1 amide bonds. The Kier molecular flexibility index (Phi) is 3.57. The molecule has 0 radical (unpaired) electrons. The summed E-state index contributed by atoms with van der Waals surface area (Å²) >= 11 is 1.20. The molecule has 2 rings (SSSR count). The van der Waals surface area contributed by atoms with Gasteiger partial charge in [0.2, 0.25) is 0 Å². The maximum atomic E-state index is 10.8. The maximum absolute atomic E-state index is 10.8. The zero-order valence-corrected chi connectivity index (χ0v) is 10.0. The number of hydrogen-bond donors (Lipinski definition) is 3. The number of amidine groups is 1. The summed E-state index contributed by atoms with van der Waals surface area (Å²) < 4.78 is 5.46. The molecule has 0 saturated carbocycles. The van der Waals surface area contributed by atoms with Crippen LogP contribution < -0.4 is 0 Å². The van der Waals surface area contributed by atoms with E-state index in [0.717, 1.165) is 4.90 Å². The molecule has 0 spiro atoms. The fourth-order valence-corrected chi connectivity index (χ4v) is 2.94. The monoisotopic (exact) mass is 262 g/mol. The predicted octanol–water partition coefficient (Wildman–Crippen LogP) is -0.464. The number of hydrogen-bond acceptors (Lipinski definition) is 6. The van der Waals surface area contributed by atoms with Gasteiger partial charge >= 0.3 is 6.09 Å². The summed E-state index contributed by atoms with van der Waals surface area (Å²) in [5.74, 6) is 0. The second-order valence-electron chi connectivity index (χ2n) is 3.97. The van der Waals surface area contributed by atoms with Gasteiger partial charge in [0, 0.05) is 13.5 Å². The predicted molar refractivity (Wildman–Crippen MR) is 61.0 cm³/mol. The molecule has 2 heterocycles. The standard InChI is InChI=1S/C9H14N2O5S/c1-11(9(14)15)8-10-4-2-5(13)6(3-12)16-7(4)17-8/h4-7,12-13H,2-3H2,1H3,(H,14,15)/t4-,5+,6-,7-/m1/s1. The fraction of sp³-hybridized carbons (Fsp3) is 0.778. The van der Waals surface area contributed by atoms with Crippen LogP contribution in [0.3, 0.4) is 0 Å². The van der Waals surface area contributed by atoms with E-state index >= 15 is 0 Å². The van der Waals surface area contributed by atoms with Gasteiger partial charge in [-0.15, -0.1) is 0 Å². The molecule has 2 aliphatic heterocycles. The van der Waals surface area contributed by atoms with Crippen molar-refractivity contribution in [2.45, 2.75) is 30.1 Å². The Bertz CT molecular complexity index is 350. The van der Waals surface area contributed by atoms with Gasteiger partial charge in [-0.25, -0.2) is 4.79 Å². The number of aliphatic imine (C=N–C) groups is 1.